The summed E-state index contributed by atoms with van der Waals surface area (Å²) in [5.41, 5.74) is 1.18. The number of nitrogens with one attached hydrogen (secondary N) is 1. The number of hydrogen-bond acceptors (Lipinski definition) is 2. The molecule has 1 aliphatic rings. The molecule has 0 radical (unpaired) electrons. The first-order chi connectivity index (χ1) is 9.06. The molecule has 1 fully saturated rings. The Morgan fingerprint density at radius 3 is 2.74 bits per heavy atom. The van der Waals surface area contributed by atoms with Gasteiger partial charge in [-0.05, 0) is 38.6 Å². The Morgan fingerprint density at radius 1 is 1.47 bits per heavy atom. The maximum atomic E-state index is 6.42. The second-order valence-corrected chi connectivity index (χ2v) is 6.43. The van der Waals surface area contributed by atoms with Crippen LogP contribution in [-0.2, 0) is 0 Å². The Morgan fingerprint density at radius 2 is 2.21 bits per heavy atom. The van der Waals surface area contributed by atoms with Gasteiger partial charge in [-0.15, -0.1) is 0 Å². The lowest BCUT2D eigenvalue weighted by Crippen LogP contribution is -2.32. The van der Waals surface area contributed by atoms with Crippen molar-refractivity contribution in [1.82, 2.24) is 15.1 Å². The standard InChI is InChI=1S/C15H26ClN3/c1-5-17-14(12-8-6-7-11(12)4)15-13(16)9-18-19(15)10(2)3/h9-12,14,17H,5-8H2,1-4H3. The van der Waals surface area contributed by atoms with Crippen molar-refractivity contribution >= 4 is 11.6 Å². The van der Waals surface area contributed by atoms with Gasteiger partial charge >= 0.3 is 0 Å². The first kappa shape index (κ1) is 14.9. The van der Waals surface area contributed by atoms with Gasteiger partial charge in [-0.2, -0.15) is 5.10 Å². The molecule has 3 nitrogen and oxygen atoms in total. The monoisotopic (exact) mass is 283 g/mol. The summed E-state index contributed by atoms with van der Waals surface area (Å²) < 4.78 is 2.08. The molecule has 4 heteroatoms. The summed E-state index contributed by atoms with van der Waals surface area (Å²) in [6.45, 7) is 9.82. The van der Waals surface area contributed by atoms with Gasteiger partial charge < -0.3 is 5.32 Å². The van der Waals surface area contributed by atoms with Crippen LogP contribution in [0.5, 0.6) is 0 Å². The molecule has 1 aromatic heterocycles. The van der Waals surface area contributed by atoms with E-state index in [0.29, 0.717) is 18.0 Å². The highest BCUT2D eigenvalue weighted by molar-refractivity contribution is 6.31. The zero-order valence-corrected chi connectivity index (χ0v) is 13.2. The number of halogens is 1. The number of hydrogen-bond donors (Lipinski definition) is 1. The largest absolute Gasteiger partial charge is 0.309 e. The maximum absolute atomic E-state index is 6.42. The fourth-order valence-corrected chi connectivity index (χ4v) is 3.64. The topological polar surface area (TPSA) is 29.9 Å². The molecule has 1 N–H and O–H groups in total. The van der Waals surface area contributed by atoms with E-state index in [2.05, 4.69) is 42.8 Å². The molecule has 0 aliphatic heterocycles. The zero-order valence-electron chi connectivity index (χ0n) is 12.5. The van der Waals surface area contributed by atoms with Crippen LogP contribution in [0.15, 0.2) is 6.20 Å². The van der Waals surface area contributed by atoms with Crippen molar-refractivity contribution in [1.29, 1.82) is 0 Å². The molecule has 19 heavy (non-hydrogen) atoms. The first-order valence-corrected chi connectivity index (χ1v) is 7.90. The lowest BCUT2D eigenvalue weighted by molar-refractivity contribution is 0.287. The summed E-state index contributed by atoms with van der Waals surface area (Å²) in [5.74, 6) is 1.43. The van der Waals surface area contributed by atoms with Crippen LogP contribution in [0.1, 0.15) is 64.7 Å². The summed E-state index contributed by atoms with van der Waals surface area (Å²) in [7, 11) is 0. The summed E-state index contributed by atoms with van der Waals surface area (Å²) in [5, 5.41) is 8.91. The van der Waals surface area contributed by atoms with Gasteiger partial charge in [-0.3, -0.25) is 4.68 Å². The first-order valence-electron chi connectivity index (χ1n) is 7.52. The fraction of sp³-hybridized carbons (Fsp3) is 0.800. The summed E-state index contributed by atoms with van der Waals surface area (Å²) in [6, 6.07) is 0.681. The van der Waals surface area contributed by atoms with Gasteiger partial charge in [0.25, 0.3) is 0 Å². The molecule has 0 spiro atoms. The molecule has 0 bridgehead atoms. The molecule has 1 aromatic rings. The molecule has 0 aromatic carbocycles. The maximum Gasteiger partial charge on any atom is 0.0834 e. The fourth-order valence-electron chi connectivity index (χ4n) is 3.39. The Bertz CT molecular complexity index is 414. The second-order valence-electron chi connectivity index (χ2n) is 6.02. The summed E-state index contributed by atoms with van der Waals surface area (Å²) in [6.07, 6.45) is 5.75. The van der Waals surface area contributed by atoms with Gasteiger partial charge in [0.05, 0.1) is 23.0 Å². The van der Waals surface area contributed by atoms with Crippen molar-refractivity contribution < 1.29 is 0 Å². The quantitative estimate of drug-likeness (QED) is 0.877. The predicted molar refractivity (Wildman–Crippen MR) is 80.5 cm³/mol. The molecule has 1 heterocycles. The van der Waals surface area contributed by atoms with E-state index in [1.807, 2.05) is 0 Å². The van der Waals surface area contributed by atoms with Gasteiger partial charge in [0, 0.05) is 6.04 Å². The minimum Gasteiger partial charge on any atom is -0.309 e. The third kappa shape index (κ3) is 2.97. The Labute approximate surface area is 121 Å². The van der Waals surface area contributed by atoms with Crippen molar-refractivity contribution in [3.8, 4) is 0 Å². The highest BCUT2D eigenvalue weighted by Gasteiger charge is 2.34. The Hall–Kier alpha value is -0.540. The molecule has 3 unspecified atom stereocenters. The summed E-state index contributed by atoms with van der Waals surface area (Å²) in [4.78, 5) is 0. The van der Waals surface area contributed by atoms with Gasteiger partial charge in [-0.25, -0.2) is 0 Å². The highest BCUT2D eigenvalue weighted by Crippen LogP contribution is 2.42. The zero-order chi connectivity index (χ0) is 14.0. The van der Waals surface area contributed by atoms with Crippen LogP contribution in [0.25, 0.3) is 0 Å². The molecular weight excluding hydrogens is 258 g/mol. The van der Waals surface area contributed by atoms with E-state index in [-0.39, 0.29) is 0 Å². The highest BCUT2D eigenvalue weighted by atomic mass is 35.5. The van der Waals surface area contributed by atoms with E-state index < -0.39 is 0 Å². The second kappa shape index (κ2) is 6.27. The minimum absolute atomic E-state index is 0.333. The van der Waals surface area contributed by atoms with Crippen LogP contribution in [-0.4, -0.2) is 16.3 Å². The molecule has 0 saturated heterocycles. The Balaban J connectivity index is 2.35. The van der Waals surface area contributed by atoms with E-state index in [0.717, 1.165) is 17.5 Å². The molecule has 3 atom stereocenters. The molecular formula is C15H26ClN3. The van der Waals surface area contributed by atoms with Crippen LogP contribution >= 0.6 is 11.6 Å². The third-order valence-electron chi connectivity index (χ3n) is 4.35. The van der Waals surface area contributed by atoms with Crippen LogP contribution in [0.2, 0.25) is 5.02 Å². The lowest BCUT2D eigenvalue weighted by atomic mass is 9.88. The van der Waals surface area contributed by atoms with E-state index in [1.54, 1.807) is 6.20 Å². The normalized spacial score (nSPS) is 25.2. The molecule has 2 rings (SSSR count). The SMILES string of the molecule is CCNC(c1c(Cl)cnn1C(C)C)C1CCCC1C. The smallest absolute Gasteiger partial charge is 0.0834 e. The van der Waals surface area contributed by atoms with Crippen LogP contribution in [0, 0.1) is 11.8 Å². The van der Waals surface area contributed by atoms with Crippen molar-refractivity contribution in [2.45, 2.75) is 59.0 Å². The average molecular weight is 284 g/mol. The van der Waals surface area contributed by atoms with Gasteiger partial charge in [-0.1, -0.05) is 38.3 Å². The number of nitrogens with zero attached hydrogens (tertiary/aromatic N) is 2. The Kier molecular flexibility index (Phi) is 4.91. The van der Waals surface area contributed by atoms with Crippen LogP contribution in [0.4, 0.5) is 0 Å². The lowest BCUT2D eigenvalue weighted by Gasteiger charge is -2.29. The minimum atomic E-state index is 0.333. The van der Waals surface area contributed by atoms with Crippen LogP contribution < -0.4 is 5.32 Å². The van der Waals surface area contributed by atoms with Gasteiger partial charge in [0.1, 0.15) is 0 Å². The average Bonchev–Trinajstić information content (AvgIpc) is 2.93. The van der Waals surface area contributed by atoms with E-state index in [1.165, 1.54) is 25.0 Å². The van der Waals surface area contributed by atoms with Gasteiger partial charge in [0.2, 0.25) is 0 Å². The van der Waals surface area contributed by atoms with Crippen molar-refractivity contribution in [2.75, 3.05) is 6.54 Å². The predicted octanol–water partition coefficient (Wildman–Crippen LogP) is 4.20. The number of rotatable bonds is 5. The third-order valence-corrected chi connectivity index (χ3v) is 4.64. The van der Waals surface area contributed by atoms with Crippen molar-refractivity contribution in [3.05, 3.63) is 16.9 Å². The summed E-state index contributed by atoms with van der Waals surface area (Å²) >= 11 is 6.42. The van der Waals surface area contributed by atoms with E-state index >= 15 is 0 Å². The number of aromatic nitrogens is 2. The van der Waals surface area contributed by atoms with Gasteiger partial charge in [0.15, 0.2) is 0 Å². The van der Waals surface area contributed by atoms with E-state index in [9.17, 15) is 0 Å². The van der Waals surface area contributed by atoms with E-state index in [4.69, 9.17) is 11.6 Å². The molecule has 0 amide bonds. The molecule has 108 valence electrons. The molecule has 1 saturated carbocycles. The van der Waals surface area contributed by atoms with Crippen molar-refractivity contribution in [3.63, 3.8) is 0 Å². The van der Waals surface area contributed by atoms with Crippen molar-refractivity contribution in [2.24, 2.45) is 11.8 Å². The van der Waals surface area contributed by atoms with Crippen LogP contribution in [0.3, 0.4) is 0 Å². The molecule has 1 aliphatic carbocycles.